The molecule has 0 amide bonds. The van der Waals surface area contributed by atoms with Gasteiger partial charge in [0.25, 0.3) is 0 Å². The number of aliphatic imine (C=N–C) groups is 2. The third kappa shape index (κ3) is 10.8. The monoisotopic (exact) mass is 578 g/mol. The van der Waals surface area contributed by atoms with E-state index in [0.717, 1.165) is 56.6 Å². The SMILES string of the molecule is CC(=Nc1c(C)cccc1C)c1ccc(C(C)=Nc2c(C)cccc2C)o1.O=S([O-])OC(F)(F)F.[CH3-].[Fe+2]. The van der Waals surface area contributed by atoms with Gasteiger partial charge in [0.2, 0.25) is 0 Å². The van der Waals surface area contributed by atoms with Crippen LogP contribution in [0.15, 0.2) is 62.9 Å². The van der Waals surface area contributed by atoms with Crippen LogP contribution >= 0.6 is 0 Å². The van der Waals surface area contributed by atoms with Crippen molar-refractivity contribution in [2.75, 3.05) is 0 Å². The Balaban J connectivity index is 0.00000113. The number of hydrogen-bond donors (Lipinski definition) is 0. The summed E-state index contributed by atoms with van der Waals surface area (Å²) in [5.74, 6) is 1.53. The van der Waals surface area contributed by atoms with E-state index in [-0.39, 0.29) is 24.5 Å². The van der Waals surface area contributed by atoms with Crippen molar-refractivity contribution in [3.63, 3.8) is 0 Å². The van der Waals surface area contributed by atoms with Crippen LogP contribution in [-0.2, 0) is 32.6 Å². The fourth-order valence-corrected chi connectivity index (χ4v) is 3.37. The molecule has 0 bridgehead atoms. The van der Waals surface area contributed by atoms with E-state index in [4.69, 9.17) is 23.2 Å². The summed E-state index contributed by atoms with van der Waals surface area (Å²) in [6.07, 6.45) is -5.09. The first-order valence-electron chi connectivity index (χ1n) is 10.5. The summed E-state index contributed by atoms with van der Waals surface area (Å²) in [5, 5.41) is 0. The maximum absolute atomic E-state index is 10.7. The Morgan fingerprint density at radius 3 is 1.38 bits per heavy atom. The maximum atomic E-state index is 10.7. The molecule has 202 valence electrons. The molecule has 1 aromatic heterocycles. The van der Waals surface area contributed by atoms with Crippen molar-refractivity contribution in [2.24, 2.45) is 9.98 Å². The molecule has 0 saturated heterocycles. The zero-order chi connectivity index (χ0) is 26.3. The van der Waals surface area contributed by atoms with E-state index in [1.165, 1.54) is 0 Å². The van der Waals surface area contributed by atoms with Gasteiger partial charge in [-0.15, -0.1) is 13.2 Å². The topological polar surface area (TPSA) is 87.2 Å². The first-order chi connectivity index (χ1) is 16.3. The second-order valence-electron chi connectivity index (χ2n) is 7.77. The predicted octanol–water partition coefficient (Wildman–Crippen LogP) is 7.56. The van der Waals surface area contributed by atoms with E-state index in [1.807, 2.05) is 26.0 Å². The maximum Gasteiger partial charge on any atom is 2.00 e. The van der Waals surface area contributed by atoms with Crippen LogP contribution in [-0.4, -0.2) is 26.5 Å². The van der Waals surface area contributed by atoms with Crippen LogP contribution in [0, 0.1) is 35.1 Å². The Morgan fingerprint density at radius 1 is 0.811 bits per heavy atom. The van der Waals surface area contributed by atoms with Crippen LogP contribution in [0.4, 0.5) is 24.5 Å². The van der Waals surface area contributed by atoms with Crippen molar-refractivity contribution in [1.29, 1.82) is 0 Å². The first-order valence-corrected chi connectivity index (χ1v) is 11.5. The normalized spacial score (nSPS) is 12.6. The first kappa shape index (κ1) is 34.4. The van der Waals surface area contributed by atoms with Gasteiger partial charge in [0.15, 0.2) is 0 Å². The summed E-state index contributed by atoms with van der Waals surface area (Å²) in [5.41, 5.74) is 8.38. The Morgan fingerprint density at radius 2 is 1.14 bits per heavy atom. The summed E-state index contributed by atoms with van der Waals surface area (Å²) in [6, 6.07) is 16.3. The molecule has 0 saturated carbocycles. The van der Waals surface area contributed by atoms with E-state index in [2.05, 4.69) is 68.3 Å². The molecular formula is C26H29F3FeN2O4S. The fraction of sp³-hybridized carbons (Fsp3) is 0.269. The van der Waals surface area contributed by atoms with Gasteiger partial charge in [-0.2, -0.15) is 0 Å². The Bertz CT molecular complexity index is 1150. The molecule has 1 unspecified atom stereocenters. The predicted molar refractivity (Wildman–Crippen MR) is 137 cm³/mol. The molecule has 0 N–H and O–H groups in total. The Hall–Kier alpha value is -2.56. The molecule has 2 aromatic carbocycles. The van der Waals surface area contributed by atoms with Gasteiger partial charge in [0.05, 0.1) is 34.2 Å². The Labute approximate surface area is 229 Å². The number of benzene rings is 2. The summed E-state index contributed by atoms with van der Waals surface area (Å²) >= 11 is -3.51. The second-order valence-corrected chi connectivity index (χ2v) is 8.35. The number of rotatable bonds is 5. The standard InChI is InChI=1S/C24H26N2O.CHF3O3S.CH3.Fe/c1-15-9-7-10-16(2)23(15)25-19(5)21-13-14-22(27-21)20(6)26-24-17(3)11-8-12-18(24)4;2-1(3,4)7-8(5)6;;/h7-14H,1-6H3;(H,5,6);1H3;/q;;-1;+2/p-1. The molecule has 3 aromatic rings. The van der Waals surface area contributed by atoms with E-state index >= 15 is 0 Å². The van der Waals surface area contributed by atoms with Gasteiger partial charge in [-0.3, -0.25) is 0 Å². The summed E-state index contributed by atoms with van der Waals surface area (Å²) in [4.78, 5) is 9.59. The quantitative estimate of drug-likeness (QED) is 0.135. The smallest absolute Gasteiger partial charge is 0.750 e. The van der Waals surface area contributed by atoms with Gasteiger partial charge in [-0.25, -0.2) is 18.4 Å². The summed E-state index contributed by atoms with van der Waals surface area (Å²) < 4.78 is 58.6. The van der Waals surface area contributed by atoms with Crippen molar-refractivity contribution in [1.82, 2.24) is 0 Å². The molecule has 6 nitrogen and oxygen atoms in total. The van der Waals surface area contributed by atoms with Crippen LogP contribution in [0.1, 0.15) is 47.6 Å². The number of hydrogen-bond acceptors (Lipinski definition) is 6. The average molecular weight is 578 g/mol. The van der Waals surface area contributed by atoms with Crippen molar-refractivity contribution < 1.29 is 47.6 Å². The molecule has 0 fully saturated rings. The molecule has 0 radical (unpaired) electrons. The van der Waals surface area contributed by atoms with E-state index in [9.17, 15) is 13.2 Å². The van der Waals surface area contributed by atoms with E-state index in [0.29, 0.717) is 0 Å². The van der Waals surface area contributed by atoms with Crippen LogP contribution in [0.2, 0.25) is 0 Å². The van der Waals surface area contributed by atoms with Crippen LogP contribution in [0.5, 0.6) is 0 Å². The van der Waals surface area contributed by atoms with Gasteiger partial charge >= 0.3 is 23.4 Å². The number of halogens is 3. The summed E-state index contributed by atoms with van der Waals surface area (Å²) in [6.45, 7) is 12.3. The van der Waals surface area contributed by atoms with Crippen molar-refractivity contribution in [3.05, 3.63) is 89.7 Å². The average Bonchev–Trinajstić information content (AvgIpc) is 3.23. The number of aryl methyl sites for hydroxylation is 4. The zero-order valence-electron chi connectivity index (χ0n) is 21.5. The van der Waals surface area contributed by atoms with Gasteiger partial charge in [0.1, 0.15) is 11.5 Å². The molecule has 37 heavy (non-hydrogen) atoms. The Kier molecular flexibility index (Phi) is 14.0. The second kappa shape index (κ2) is 15.0. The van der Waals surface area contributed by atoms with Crippen molar-refractivity contribution in [3.8, 4) is 0 Å². The zero-order valence-corrected chi connectivity index (χ0v) is 23.5. The molecule has 0 aliphatic heterocycles. The molecule has 1 heterocycles. The summed E-state index contributed by atoms with van der Waals surface area (Å²) in [7, 11) is 0. The third-order valence-corrected chi connectivity index (χ3v) is 5.24. The van der Waals surface area contributed by atoms with E-state index in [1.54, 1.807) is 0 Å². The molecule has 0 aliphatic carbocycles. The number of para-hydroxylation sites is 2. The number of alkyl halides is 3. The van der Waals surface area contributed by atoms with Gasteiger partial charge in [-0.05, 0) is 75.9 Å². The fourth-order valence-electron chi connectivity index (χ4n) is 3.21. The van der Waals surface area contributed by atoms with Crippen molar-refractivity contribution >= 4 is 34.2 Å². The molecule has 0 aliphatic rings. The minimum absolute atomic E-state index is 0. The van der Waals surface area contributed by atoms with Gasteiger partial charge in [0, 0.05) is 0 Å². The van der Waals surface area contributed by atoms with Crippen molar-refractivity contribution in [2.45, 2.75) is 47.9 Å². The van der Waals surface area contributed by atoms with Gasteiger partial charge < -0.3 is 16.4 Å². The largest absolute Gasteiger partial charge is 2.00 e. The number of furan rings is 1. The van der Waals surface area contributed by atoms with Gasteiger partial charge in [-0.1, -0.05) is 36.4 Å². The molecular weight excluding hydrogens is 549 g/mol. The molecule has 3 rings (SSSR count). The molecule has 0 spiro atoms. The van der Waals surface area contributed by atoms with Crippen LogP contribution in [0.3, 0.4) is 0 Å². The van der Waals surface area contributed by atoms with Crippen LogP contribution < -0.4 is 0 Å². The minimum atomic E-state index is -5.09. The molecule has 1 atom stereocenters. The third-order valence-electron chi connectivity index (χ3n) is 4.92. The number of nitrogens with zero attached hydrogens (tertiary/aromatic N) is 2. The van der Waals surface area contributed by atoms with E-state index < -0.39 is 17.7 Å². The molecule has 11 heteroatoms. The van der Waals surface area contributed by atoms with Crippen LogP contribution in [0.25, 0.3) is 0 Å². The minimum Gasteiger partial charge on any atom is -0.750 e.